The molecule has 33 heavy (non-hydrogen) atoms. The normalized spacial score (nSPS) is 19.0. The largest absolute Gasteiger partial charge is 0.481 e. The predicted molar refractivity (Wildman–Crippen MR) is 121 cm³/mol. The van der Waals surface area contributed by atoms with Crippen LogP contribution >= 0.6 is 0 Å². The van der Waals surface area contributed by atoms with Crippen molar-refractivity contribution in [3.05, 3.63) is 23.9 Å². The lowest BCUT2D eigenvalue weighted by molar-refractivity contribution is -0.138. The second-order valence-corrected chi connectivity index (χ2v) is 8.13. The number of carboxylic acid groups (broad SMARTS) is 1. The highest BCUT2D eigenvalue weighted by molar-refractivity contribution is 5.97. The van der Waals surface area contributed by atoms with Crippen molar-refractivity contribution in [2.75, 3.05) is 32.8 Å². The second-order valence-electron chi connectivity index (χ2n) is 8.13. The van der Waals surface area contributed by atoms with Gasteiger partial charge in [-0.15, -0.1) is 0 Å². The van der Waals surface area contributed by atoms with Crippen LogP contribution in [0.15, 0.2) is 23.3 Å². The zero-order valence-electron chi connectivity index (χ0n) is 19.1. The average molecular weight is 461 g/mol. The van der Waals surface area contributed by atoms with Crippen molar-refractivity contribution in [1.82, 2.24) is 25.4 Å². The summed E-state index contributed by atoms with van der Waals surface area (Å²) in [6.07, 6.45) is 3.04. The van der Waals surface area contributed by atoms with Gasteiger partial charge in [0.1, 0.15) is 0 Å². The van der Waals surface area contributed by atoms with Gasteiger partial charge in [0, 0.05) is 44.9 Å². The number of hydrogen-bond donors (Lipinski definition) is 3. The van der Waals surface area contributed by atoms with Crippen LogP contribution in [0.25, 0.3) is 0 Å². The lowest BCUT2D eigenvalue weighted by atomic mass is 10.0. The Bertz CT molecular complexity index is 875. The number of aromatic nitrogens is 1. The Morgan fingerprint density at radius 2 is 2.18 bits per heavy atom. The van der Waals surface area contributed by atoms with E-state index in [1.54, 1.807) is 28.1 Å². The van der Waals surface area contributed by atoms with Crippen LogP contribution in [0.3, 0.4) is 0 Å². The van der Waals surface area contributed by atoms with Gasteiger partial charge in [-0.2, -0.15) is 0 Å². The Hall–Kier alpha value is -3.37. The number of carbonyl (C=O) groups excluding carboxylic acids is 2. The molecule has 1 fully saturated rings. The van der Waals surface area contributed by atoms with Gasteiger partial charge in [0.25, 0.3) is 0 Å². The molecule has 2 aliphatic rings. The number of rotatable bonds is 10. The molecule has 11 nitrogen and oxygen atoms in total. The molecule has 3 amide bonds. The molecule has 0 saturated carbocycles. The fourth-order valence-corrected chi connectivity index (χ4v) is 3.93. The number of ether oxygens (including phenoxy) is 1. The molecule has 11 heteroatoms. The minimum absolute atomic E-state index is 0.150. The van der Waals surface area contributed by atoms with Crippen LogP contribution < -0.4 is 15.4 Å². The zero-order chi connectivity index (χ0) is 23.8. The molecule has 0 aromatic carbocycles. The van der Waals surface area contributed by atoms with E-state index in [2.05, 4.69) is 20.6 Å². The molecule has 0 aliphatic carbocycles. The molecule has 2 atom stereocenters. The molecule has 2 aliphatic heterocycles. The fraction of sp³-hybridized carbons (Fsp3) is 0.591. The van der Waals surface area contributed by atoms with Crippen molar-refractivity contribution >= 4 is 23.9 Å². The second kappa shape index (κ2) is 11.5. The number of hydrogen-bond acceptors (Lipinski definition) is 7. The quantitative estimate of drug-likeness (QED) is 0.480. The van der Waals surface area contributed by atoms with Gasteiger partial charge >= 0.3 is 12.0 Å². The third-order valence-electron chi connectivity index (χ3n) is 5.60. The molecule has 3 rings (SSSR count). The van der Waals surface area contributed by atoms with Gasteiger partial charge in [0.15, 0.2) is 5.96 Å². The summed E-state index contributed by atoms with van der Waals surface area (Å²) in [4.78, 5) is 48.4. The van der Waals surface area contributed by atoms with Crippen LogP contribution in [0, 0.1) is 0 Å². The van der Waals surface area contributed by atoms with E-state index in [4.69, 9.17) is 4.74 Å². The predicted octanol–water partition coefficient (Wildman–Crippen LogP) is 1.37. The van der Waals surface area contributed by atoms with Crippen molar-refractivity contribution in [3.8, 4) is 5.88 Å². The Labute approximate surface area is 193 Å². The highest BCUT2D eigenvalue weighted by Crippen LogP contribution is 2.29. The summed E-state index contributed by atoms with van der Waals surface area (Å²) in [7, 11) is 0. The number of urea groups is 1. The van der Waals surface area contributed by atoms with Crippen LogP contribution in [0.2, 0.25) is 0 Å². The SMILES string of the molecule is CCOc1ccc(C(CC(=O)O)N2CCN(CCCC(=O)NC3=NC(C)CCN3)C2=O)cn1. The number of nitrogens with one attached hydrogen (secondary N) is 2. The van der Waals surface area contributed by atoms with E-state index in [0.29, 0.717) is 50.1 Å². The maximum absolute atomic E-state index is 13.0. The number of guanidine groups is 1. The van der Waals surface area contributed by atoms with Crippen LogP contribution in [0.4, 0.5) is 4.79 Å². The first kappa shape index (κ1) is 24.3. The number of amides is 3. The first-order valence-corrected chi connectivity index (χ1v) is 11.3. The van der Waals surface area contributed by atoms with Gasteiger partial charge in [-0.25, -0.2) is 14.8 Å². The lowest BCUT2D eigenvalue weighted by Gasteiger charge is -2.27. The van der Waals surface area contributed by atoms with Crippen molar-refractivity contribution in [2.45, 2.75) is 51.6 Å². The Balaban J connectivity index is 1.54. The van der Waals surface area contributed by atoms with Gasteiger partial charge in [0.05, 0.1) is 25.1 Å². The summed E-state index contributed by atoms with van der Waals surface area (Å²) in [5.74, 6) is -0.192. The van der Waals surface area contributed by atoms with E-state index in [0.717, 1.165) is 13.0 Å². The standard InChI is InChI=1S/C22H32N6O5/c1-3-33-19-7-6-16(14-24-19)17(13-20(30)31)28-12-11-27(22(28)32)10-4-5-18(29)26-21-23-9-8-15(2)25-21/h6-7,14-15,17H,3-5,8-13H2,1-2H3,(H,30,31)(H2,23,25,26,29). The van der Waals surface area contributed by atoms with Crippen molar-refractivity contribution in [2.24, 2.45) is 4.99 Å². The maximum Gasteiger partial charge on any atom is 0.320 e. The van der Waals surface area contributed by atoms with Crippen LogP contribution in [0.1, 0.15) is 51.1 Å². The third-order valence-corrected chi connectivity index (χ3v) is 5.60. The number of aliphatic imine (C=N–C) groups is 1. The average Bonchev–Trinajstić information content (AvgIpc) is 3.13. The van der Waals surface area contributed by atoms with Gasteiger partial charge in [-0.3, -0.25) is 14.9 Å². The molecule has 3 heterocycles. The molecule has 0 spiro atoms. The summed E-state index contributed by atoms with van der Waals surface area (Å²) in [6, 6.07) is 2.75. The topological polar surface area (TPSA) is 136 Å². The molecule has 1 aromatic heterocycles. The Morgan fingerprint density at radius 3 is 2.85 bits per heavy atom. The van der Waals surface area contributed by atoms with Crippen molar-refractivity contribution in [3.63, 3.8) is 0 Å². The Morgan fingerprint density at radius 1 is 1.36 bits per heavy atom. The van der Waals surface area contributed by atoms with Crippen LogP contribution in [-0.2, 0) is 9.59 Å². The molecule has 0 bridgehead atoms. The lowest BCUT2D eigenvalue weighted by Crippen LogP contribution is -2.45. The van der Waals surface area contributed by atoms with E-state index in [1.165, 1.54) is 0 Å². The first-order chi connectivity index (χ1) is 15.9. The molecule has 0 radical (unpaired) electrons. The summed E-state index contributed by atoms with van der Waals surface area (Å²) < 4.78 is 5.34. The third kappa shape index (κ3) is 6.80. The minimum atomic E-state index is -0.995. The summed E-state index contributed by atoms with van der Waals surface area (Å²) in [5, 5.41) is 15.2. The molecular weight excluding hydrogens is 428 g/mol. The highest BCUT2D eigenvalue weighted by Gasteiger charge is 2.35. The number of nitrogens with zero attached hydrogens (tertiary/aromatic N) is 4. The smallest absolute Gasteiger partial charge is 0.320 e. The van der Waals surface area contributed by atoms with Gasteiger partial charge in [0.2, 0.25) is 11.8 Å². The van der Waals surface area contributed by atoms with Gasteiger partial charge < -0.3 is 25.0 Å². The summed E-state index contributed by atoms with van der Waals surface area (Å²) in [6.45, 7) is 6.41. The molecule has 180 valence electrons. The van der Waals surface area contributed by atoms with Crippen LogP contribution in [-0.4, -0.2) is 82.6 Å². The van der Waals surface area contributed by atoms with E-state index in [-0.39, 0.29) is 30.8 Å². The molecular formula is C22H32N6O5. The van der Waals surface area contributed by atoms with Gasteiger partial charge in [-0.1, -0.05) is 6.07 Å². The van der Waals surface area contributed by atoms with Crippen LogP contribution in [0.5, 0.6) is 5.88 Å². The number of carbonyl (C=O) groups is 3. The van der Waals surface area contributed by atoms with Crippen molar-refractivity contribution in [1.29, 1.82) is 0 Å². The number of aliphatic carboxylic acids is 1. The fourth-order valence-electron chi connectivity index (χ4n) is 3.93. The summed E-state index contributed by atoms with van der Waals surface area (Å²) in [5.41, 5.74) is 0.644. The number of pyridine rings is 1. The molecule has 1 aromatic rings. The zero-order valence-corrected chi connectivity index (χ0v) is 19.1. The van der Waals surface area contributed by atoms with Crippen molar-refractivity contribution < 1.29 is 24.2 Å². The molecule has 2 unspecified atom stereocenters. The Kier molecular flexibility index (Phi) is 8.45. The summed E-state index contributed by atoms with van der Waals surface area (Å²) >= 11 is 0. The monoisotopic (exact) mass is 460 g/mol. The number of carboxylic acids is 1. The van der Waals surface area contributed by atoms with E-state index >= 15 is 0 Å². The highest BCUT2D eigenvalue weighted by atomic mass is 16.5. The van der Waals surface area contributed by atoms with E-state index in [9.17, 15) is 19.5 Å². The minimum Gasteiger partial charge on any atom is -0.481 e. The van der Waals surface area contributed by atoms with Gasteiger partial charge in [-0.05, 0) is 32.3 Å². The maximum atomic E-state index is 13.0. The molecule has 3 N–H and O–H groups in total. The van der Waals surface area contributed by atoms with E-state index in [1.807, 2.05) is 13.8 Å². The van der Waals surface area contributed by atoms with E-state index < -0.39 is 12.0 Å². The molecule has 1 saturated heterocycles. The first-order valence-electron chi connectivity index (χ1n) is 11.3.